The zero-order valence-corrected chi connectivity index (χ0v) is 10.7. The smallest absolute Gasteiger partial charge is 0.224 e. The van der Waals surface area contributed by atoms with Crippen LogP contribution < -0.4 is 15.4 Å². The summed E-state index contributed by atoms with van der Waals surface area (Å²) in [7, 11) is 3.44. The maximum atomic E-state index is 5.18. The van der Waals surface area contributed by atoms with Gasteiger partial charge in [-0.05, 0) is 19.1 Å². The summed E-state index contributed by atoms with van der Waals surface area (Å²) in [6.45, 7) is 1.93. The Kier molecular flexibility index (Phi) is 3.62. The minimum Gasteiger partial charge on any atom is -0.497 e. The topological polar surface area (TPSA) is 59.1 Å². The monoisotopic (exact) mass is 244 g/mol. The Morgan fingerprint density at radius 1 is 1.17 bits per heavy atom. The second kappa shape index (κ2) is 5.35. The molecule has 0 aliphatic carbocycles. The summed E-state index contributed by atoms with van der Waals surface area (Å²) in [5, 5.41) is 6.15. The van der Waals surface area contributed by atoms with E-state index in [0.29, 0.717) is 5.95 Å². The van der Waals surface area contributed by atoms with Crippen LogP contribution in [0.15, 0.2) is 30.3 Å². The van der Waals surface area contributed by atoms with Crippen LogP contribution in [-0.2, 0) is 0 Å². The molecule has 0 unspecified atom stereocenters. The highest BCUT2D eigenvalue weighted by Crippen LogP contribution is 2.21. The van der Waals surface area contributed by atoms with Crippen molar-refractivity contribution in [3.8, 4) is 5.75 Å². The average molecular weight is 244 g/mol. The lowest BCUT2D eigenvalue weighted by atomic mass is 10.3. The van der Waals surface area contributed by atoms with E-state index < -0.39 is 0 Å². The molecule has 18 heavy (non-hydrogen) atoms. The van der Waals surface area contributed by atoms with Crippen LogP contribution in [0, 0.1) is 6.92 Å². The lowest BCUT2D eigenvalue weighted by molar-refractivity contribution is 0.415. The fourth-order valence-corrected chi connectivity index (χ4v) is 1.59. The minimum absolute atomic E-state index is 0.598. The fraction of sp³-hybridized carbons (Fsp3) is 0.231. The van der Waals surface area contributed by atoms with Crippen LogP contribution in [0.1, 0.15) is 5.69 Å². The summed E-state index contributed by atoms with van der Waals surface area (Å²) >= 11 is 0. The zero-order valence-electron chi connectivity index (χ0n) is 10.7. The molecule has 0 fully saturated rings. The molecule has 0 aliphatic heterocycles. The van der Waals surface area contributed by atoms with Crippen LogP contribution in [-0.4, -0.2) is 24.1 Å². The summed E-state index contributed by atoms with van der Waals surface area (Å²) in [6, 6.07) is 9.58. The van der Waals surface area contributed by atoms with Gasteiger partial charge < -0.3 is 15.4 Å². The van der Waals surface area contributed by atoms with Crippen molar-refractivity contribution in [2.24, 2.45) is 0 Å². The molecule has 1 aromatic heterocycles. The molecular weight excluding hydrogens is 228 g/mol. The Morgan fingerprint density at radius 3 is 2.72 bits per heavy atom. The van der Waals surface area contributed by atoms with Crippen molar-refractivity contribution in [3.05, 3.63) is 36.0 Å². The largest absolute Gasteiger partial charge is 0.497 e. The molecule has 0 aliphatic rings. The number of aromatic nitrogens is 2. The first kappa shape index (κ1) is 12.2. The quantitative estimate of drug-likeness (QED) is 0.865. The summed E-state index contributed by atoms with van der Waals surface area (Å²) in [5.74, 6) is 2.15. The van der Waals surface area contributed by atoms with Gasteiger partial charge in [-0.2, -0.15) is 4.98 Å². The van der Waals surface area contributed by atoms with Crippen LogP contribution in [0.25, 0.3) is 0 Å². The number of aryl methyl sites for hydroxylation is 1. The molecule has 2 rings (SSSR count). The highest BCUT2D eigenvalue weighted by molar-refractivity contribution is 5.59. The van der Waals surface area contributed by atoms with Crippen molar-refractivity contribution < 1.29 is 4.74 Å². The number of ether oxygens (including phenoxy) is 1. The maximum Gasteiger partial charge on any atom is 0.224 e. The van der Waals surface area contributed by atoms with E-state index in [9.17, 15) is 0 Å². The van der Waals surface area contributed by atoms with Crippen LogP contribution in [0.5, 0.6) is 5.75 Å². The molecule has 0 atom stereocenters. The van der Waals surface area contributed by atoms with Crippen molar-refractivity contribution in [3.63, 3.8) is 0 Å². The lowest BCUT2D eigenvalue weighted by Gasteiger charge is -2.09. The van der Waals surface area contributed by atoms with Gasteiger partial charge in [0.05, 0.1) is 7.11 Å². The van der Waals surface area contributed by atoms with E-state index in [0.717, 1.165) is 22.9 Å². The van der Waals surface area contributed by atoms with Gasteiger partial charge in [-0.3, -0.25) is 0 Å². The van der Waals surface area contributed by atoms with Gasteiger partial charge in [0.2, 0.25) is 5.95 Å². The lowest BCUT2D eigenvalue weighted by Crippen LogP contribution is -2.01. The molecule has 0 amide bonds. The first-order valence-electron chi connectivity index (χ1n) is 5.66. The van der Waals surface area contributed by atoms with E-state index in [1.807, 2.05) is 37.3 Å². The van der Waals surface area contributed by atoms with Gasteiger partial charge in [-0.1, -0.05) is 6.07 Å². The maximum absolute atomic E-state index is 5.18. The molecule has 0 saturated heterocycles. The van der Waals surface area contributed by atoms with E-state index in [4.69, 9.17) is 4.74 Å². The summed E-state index contributed by atoms with van der Waals surface area (Å²) in [6.07, 6.45) is 0. The first-order valence-corrected chi connectivity index (χ1v) is 5.66. The van der Waals surface area contributed by atoms with E-state index in [2.05, 4.69) is 20.6 Å². The Balaban J connectivity index is 2.24. The van der Waals surface area contributed by atoms with E-state index >= 15 is 0 Å². The van der Waals surface area contributed by atoms with Gasteiger partial charge in [0.1, 0.15) is 11.6 Å². The van der Waals surface area contributed by atoms with Crippen molar-refractivity contribution in [2.75, 3.05) is 24.8 Å². The van der Waals surface area contributed by atoms with Gasteiger partial charge in [0.15, 0.2) is 0 Å². The van der Waals surface area contributed by atoms with Crippen LogP contribution >= 0.6 is 0 Å². The van der Waals surface area contributed by atoms with Crippen molar-refractivity contribution in [1.82, 2.24) is 9.97 Å². The number of hydrogen-bond acceptors (Lipinski definition) is 5. The Bertz CT molecular complexity index is 542. The third-order valence-electron chi connectivity index (χ3n) is 2.42. The molecule has 0 radical (unpaired) electrons. The number of hydrogen-bond donors (Lipinski definition) is 2. The molecule has 2 aromatic rings. The first-order chi connectivity index (χ1) is 8.71. The van der Waals surface area contributed by atoms with Gasteiger partial charge in [-0.25, -0.2) is 4.98 Å². The SMILES string of the molecule is CNc1nc(C)cc(Nc2cccc(OC)c2)n1. The second-order valence-corrected chi connectivity index (χ2v) is 3.83. The Labute approximate surface area is 106 Å². The Morgan fingerprint density at radius 2 is 2.00 bits per heavy atom. The number of benzene rings is 1. The Hall–Kier alpha value is -2.30. The third kappa shape index (κ3) is 2.88. The highest BCUT2D eigenvalue weighted by atomic mass is 16.5. The summed E-state index contributed by atoms with van der Waals surface area (Å²) in [4.78, 5) is 8.57. The van der Waals surface area contributed by atoms with Gasteiger partial charge in [0.25, 0.3) is 0 Å². The number of anilines is 3. The summed E-state index contributed by atoms with van der Waals surface area (Å²) < 4.78 is 5.18. The molecular formula is C13H16N4O. The predicted octanol–water partition coefficient (Wildman–Crippen LogP) is 2.58. The zero-order chi connectivity index (χ0) is 13.0. The predicted molar refractivity (Wildman–Crippen MR) is 72.6 cm³/mol. The van der Waals surface area contributed by atoms with Crippen molar-refractivity contribution in [1.29, 1.82) is 0 Å². The molecule has 0 saturated carbocycles. The van der Waals surface area contributed by atoms with Crippen molar-refractivity contribution >= 4 is 17.5 Å². The third-order valence-corrected chi connectivity index (χ3v) is 2.42. The normalized spacial score (nSPS) is 9.94. The molecule has 5 heteroatoms. The van der Waals surface area contributed by atoms with Gasteiger partial charge in [0, 0.05) is 30.6 Å². The number of rotatable bonds is 4. The molecule has 5 nitrogen and oxygen atoms in total. The molecule has 94 valence electrons. The fourth-order valence-electron chi connectivity index (χ4n) is 1.59. The number of nitrogens with zero attached hydrogens (tertiary/aromatic N) is 2. The molecule has 0 spiro atoms. The van der Waals surface area contributed by atoms with Crippen LogP contribution in [0.4, 0.5) is 17.5 Å². The minimum atomic E-state index is 0.598. The van der Waals surface area contributed by atoms with Crippen LogP contribution in [0.2, 0.25) is 0 Å². The molecule has 2 N–H and O–H groups in total. The van der Waals surface area contributed by atoms with Crippen molar-refractivity contribution in [2.45, 2.75) is 6.92 Å². The number of nitrogens with one attached hydrogen (secondary N) is 2. The molecule has 1 heterocycles. The number of methoxy groups -OCH3 is 1. The van der Waals surface area contributed by atoms with Gasteiger partial charge >= 0.3 is 0 Å². The molecule has 1 aromatic carbocycles. The van der Waals surface area contributed by atoms with Gasteiger partial charge in [-0.15, -0.1) is 0 Å². The van der Waals surface area contributed by atoms with E-state index in [-0.39, 0.29) is 0 Å². The van der Waals surface area contributed by atoms with Crippen LogP contribution in [0.3, 0.4) is 0 Å². The summed E-state index contributed by atoms with van der Waals surface area (Å²) in [5.41, 5.74) is 1.83. The highest BCUT2D eigenvalue weighted by Gasteiger charge is 2.02. The average Bonchev–Trinajstić information content (AvgIpc) is 2.38. The molecule has 0 bridgehead atoms. The van der Waals surface area contributed by atoms with E-state index in [1.54, 1.807) is 14.2 Å². The van der Waals surface area contributed by atoms with E-state index in [1.165, 1.54) is 0 Å². The standard InChI is InChI=1S/C13H16N4O/c1-9-7-12(17-13(14-2)15-9)16-10-5-4-6-11(8-10)18-3/h4-8H,1-3H3,(H2,14,15,16,17). The second-order valence-electron chi connectivity index (χ2n) is 3.83.